The first-order valence-electron chi connectivity index (χ1n) is 4.06. The number of benzene rings is 1. The maximum absolute atomic E-state index is 11.1. The second kappa shape index (κ2) is 3.88. The summed E-state index contributed by atoms with van der Waals surface area (Å²) in [5, 5.41) is 10.1. The molecule has 0 amide bonds. The predicted molar refractivity (Wildman–Crippen MR) is 54.4 cm³/mol. The number of Topliss-reactive ketones (excluding diaryl/α,β-unsaturated/α-hetero) is 1. The molecular weight excluding hydrogens is 204 g/mol. The van der Waals surface area contributed by atoms with E-state index in [1.165, 1.54) is 20.1 Å². The largest absolute Gasteiger partial charge is 0.504 e. The highest BCUT2D eigenvalue weighted by molar-refractivity contribution is 6.32. The van der Waals surface area contributed by atoms with E-state index >= 15 is 0 Å². The third kappa shape index (κ3) is 1.68. The molecule has 14 heavy (non-hydrogen) atoms. The van der Waals surface area contributed by atoms with Gasteiger partial charge in [0.1, 0.15) is 0 Å². The lowest BCUT2D eigenvalue weighted by Crippen LogP contribution is -1.97. The van der Waals surface area contributed by atoms with Gasteiger partial charge in [-0.15, -0.1) is 0 Å². The molecule has 4 heteroatoms. The third-order valence-electron chi connectivity index (χ3n) is 2.02. The van der Waals surface area contributed by atoms with Gasteiger partial charge in [0.2, 0.25) is 0 Å². The zero-order valence-corrected chi connectivity index (χ0v) is 8.97. The molecule has 1 aromatic rings. The smallest absolute Gasteiger partial charge is 0.169 e. The minimum absolute atomic E-state index is 0.151. The summed E-state index contributed by atoms with van der Waals surface area (Å²) < 4.78 is 4.96. The molecule has 0 bridgehead atoms. The topological polar surface area (TPSA) is 46.5 Å². The Morgan fingerprint density at radius 1 is 1.57 bits per heavy atom. The van der Waals surface area contributed by atoms with Crippen LogP contribution < -0.4 is 4.74 Å². The van der Waals surface area contributed by atoms with E-state index < -0.39 is 0 Å². The highest BCUT2D eigenvalue weighted by Crippen LogP contribution is 2.37. The van der Waals surface area contributed by atoms with E-state index in [4.69, 9.17) is 16.3 Å². The van der Waals surface area contributed by atoms with Crippen LogP contribution in [-0.4, -0.2) is 18.0 Å². The van der Waals surface area contributed by atoms with Gasteiger partial charge < -0.3 is 9.84 Å². The summed E-state index contributed by atoms with van der Waals surface area (Å²) in [6.45, 7) is 3.07. The van der Waals surface area contributed by atoms with Crippen molar-refractivity contribution in [3.05, 3.63) is 22.2 Å². The van der Waals surface area contributed by atoms with Crippen molar-refractivity contribution in [3.8, 4) is 11.5 Å². The summed E-state index contributed by atoms with van der Waals surface area (Å²) in [7, 11) is 1.42. The summed E-state index contributed by atoms with van der Waals surface area (Å²) >= 11 is 5.87. The quantitative estimate of drug-likeness (QED) is 0.770. The summed E-state index contributed by atoms with van der Waals surface area (Å²) in [4.78, 5) is 11.1. The summed E-state index contributed by atoms with van der Waals surface area (Å²) in [5.41, 5.74) is 0.800. The van der Waals surface area contributed by atoms with Crippen molar-refractivity contribution in [3.63, 3.8) is 0 Å². The standard InChI is InChI=1S/C10H11ClO3/c1-5-8(11)4-7(6(2)12)9(13)10(5)14-3/h4,13H,1-3H3. The number of carbonyl (C=O) groups excluding carboxylic acids is 1. The molecule has 1 N–H and O–H groups in total. The third-order valence-corrected chi connectivity index (χ3v) is 2.42. The van der Waals surface area contributed by atoms with Crippen LogP contribution in [0.15, 0.2) is 6.07 Å². The van der Waals surface area contributed by atoms with E-state index in [-0.39, 0.29) is 22.8 Å². The van der Waals surface area contributed by atoms with E-state index in [1.54, 1.807) is 6.92 Å². The fraction of sp³-hybridized carbons (Fsp3) is 0.300. The lowest BCUT2D eigenvalue weighted by molar-refractivity contribution is 0.101. The molecule has 0 aliphatic heterocycles. The minimum atomic E-state index is -0.247. The van der Waals surface area contributed by atoms with Gasteiger partial charge in [-0.05, 0) is 19.9 Å². The number of hydrogen-bond acceptors (Lipinski definition) is 3. The van der Waals surface area contributed by atoms with Crippen molar-refractivity contribution in [2.24, 2.45) is 0 Å². The molecule has 0 aliphatic rings. The molecule has 0 fully saturated rings. The molecule has 0 heterocycles. The second-order valence-electron chi connectivity index (χ2n) is 2.97. The van der Waals surface area contributed by atoms with Gasteiger partial charge in [-0.25, -0.2) is 0 Å². The summed E-state index contributed by atoms with van der Waals surface area (Å²) in [6, 6.07) is 1.44. The van der Waals surface area contributed by atoms with Crippen molar-refractivity contribution >= 4 is 17.4 Å². The number of ketones is 1. The van der Waals surface area contributed by atoms with Crippen molar-refractivity contribution in [1.29, 1.82) is 0 Å². The fourth-order valence-corrected chi connectivity index (χ4v) is 1.42. The van der Waals surface area contributed by atoms with Crippen molar-refractivity contribution < 1.29 is 14.6 Å². The van der Waals surface area contributed by atoms with E-state index in [0.29, 0.717) is 10.6 Å². The number of phenolic OH excluding ortho intramolecular Hbond substituents is 1. The molecule has 0 saturated heterocycles. The molecule has 1 aromatic carbocycles. The van der Waals surface area contributed by atoms with Crippen molar-refractivity contribution in [1.82, 2.24) is 0 Å². The van der Waals surface area contributed by atoms with E-state index in [1.807, 2.05) is 0 Å². The number of halogens is 1. The van der Waals surface area contributed by atoms with Crippen LogP contribution in [-0.2, 0) is 0 Å². The van der Waals surface area contributed by atoms with Crippen LogP contribution in [0.1, 0.15) is 22.8 Å². The number of hydrogen-bond donors (Lipinski definition) is 1. The Bertz CT molecular complexity index is 385. The monoisotopic (exact) mass is 214 g/mol. The predicted octanol–water partition coefficient (Wildman–Crippen LogP) is 2.57. The van der Waals surface area contributed by atoms with Crippen molar-refractivity contribution in [2.45, 2.75) is 13.8 Å². The van der Waals surface area contributed by atoms with E-state index in [2.05, 4.69) is 0 Å². The van der Waals surface area contributed by atoms with Crippen molar-refractivity contribution in [2.75, 3.05) is 7.11 Å². The number of aromatic hydroxyl groups is 1. The highest BCUT2D eigenvalue weighted by atomic mass is 35.5. The minimum Gasteiger partial charge on any atom is -0.504 e. The molecule has 0 spiro atoms. The highest BCUT2D eigenvalue weighted by Gasteiger charge is 2.16. The second-order valence-corrected chi connectivity index (χ2v) is 3.38. The fourth-order valence-electron chi connectivity index (χ4n) is 1.23. The first-order chi connectivity index (χ1) is 6.49. The molecule has 0 atom stereocenters. The Balaban J connectivity index is 3.50. The van der Waals surface area contributed by atoms with Gasteiger partial charge in [-0.3, -0.25) is 4.79 Å². The average molecular weight is 215 g/mol. The Labute approximate surface area is 87.3 Å². The SMILES string of the molecule is COc1c(C)c(Cl)cc(C(C)=O)c1O. The maximum Gasteiger partial charge on any atom is 0.169 e. The Morgan fingerprint density at radius 2 is 2.14 bits per heavy atom. The molecule has 0 aliphatic carbocycles. The Hall–Kier alpha value is -1.22. The van der Waals surface area contributed by atoms with E-state index in [0.717, 1.165) is 0 Å². The molecule has 0 unspecified atom stereocenters. The average Bonchev–Trinajstić information content (AvgIpc) is 2.12. The lowest BCUT2D eigenvalue weighted by Gasteiger charge is -2.11. The van der Waals surface area contributed by atoms with E-state index in [9.17, 15) is 9.90 Å². The van der Waals surface area contributed by atoms with Crippen LogP contribution in [0.25, 0.3) is 0 Å². The van der Waals surface area contributed by atoms with Crippen LogP contribution in [0.4, 0.5) is 0 Å². The summed E-state index contributed by atoms with van der Waals surface area (Å²) in [6.07, 6.45) is 0. The van der Waals surface area contributed by atoms with Crippen LogP contribution in [0.2, 0.25) is 5.02 Å². The lowest BCUT2D eigenvalue weighted by atomic mass is 10.1. The normalized spacial score (nSPS) is 10.0. The van der Waals surface area contributed by atoms with Crippen LogP contribution in [0.5, 0.6) is 11.5 Å². The molecular formula is C10H11ClO3. The molecule has 1 rings (SSSR count). The zero-order valence-electron chi connectivity index (χ0n) is 8.22. The van der Waals surface area contributed by atoms with Crippen LogP contribution in [0, 0.1) is 6.92 Å². The van der Waals surface area contributed by atoms with Gasteiger partial charge >= 0.3 is 0 Å². The first kappa shape index (κ1) is 10.9. The maximum atomic E-state index is 11.1. The Morgan fingerprint density at radius 3 is 2.57 bits per heavy atom. The van der Waals surface area contributed by atoms with Gasteiger partial charge in [0.05, 0.1) is 12.7 Å². The number of rotatable bonds is 2. The zero-order chi connectivity index (χ0) is 10.9. The molecule has 0 saturated carbocycles. The number of ether oxygens (including phenoxy) is 1. The summed E-state index contributed by atoms with van der Waals surface area (Å²) in [5.74, 6) is -0.146. The molecule has 0 aromatic heterocycles. The number of methoxy groups -OCH3 is 1. The molecule has 0 radical (unpaired) electrons. The van der Waals surface area contributed by atoms with Gasteiger partial charge in [-0.2, -0.15) is 0 Å². The number of phenols is 1. The number of carbonyl (C=O) groups is 1. The Kier molecular flexibility index (Phi) is 3.01. The van der Waals surface area contributed by atoms with Gasteiger partial charge in [-0.1, -0.05) is 11.6 Å². The van der Waals surface area contributed by atoms with Gasteiger partial charge in [0.25, 0.3) is 0 Å². The first-order valence-corrected chi connectivity index (χ1v) is 4.43. The molecule has 76 valence electrons. The van der Waals surface area contributed by atoms with Gasteiger partial charge in [0.15, 0.2) is 17.3 Å². The van der Waals surface area contributed by atoms with Crippen LogP contribution >= 0.6 is 11.6 Å². The molecule has 3 nitrogen and oxygen atoms in total. The van der Waals surface area contributed by atoms with Gasteiger partial charge in [0, 0.05) is 10.6 Å². The van der Waals surface area contributed by atoms with Crippen LogP contribution in [0.3, 0.4) is 0 Å².